The standard InChI is InChI=1S/C5H8FNO2S/c6-2-1-4-10(8,9)5-3-7/h1-2,4-5H2. The first-order valence-electron chi connectivity index (χ1n) is 2.76. The highest BCUT2D eigenvalue weighted by Gasteiger charge is 2.08. The lowest BCUT2D eigenvalue weighted by Crippen LogP contribution is -2.09. The zero-order chi connectivity index (χ0) is 8.04. The molecule has 0 fully saturated rings. The van der Waals surface area contributed by atoms with E-state index in [0.29, 0.717) is 0 Å². The first-order valence-corrected chi connectivity index (χ1v) is 4.58. The van der Waals surface area contributed by atoms with Gasteiger partial charge >= 0.3 is 0 Å². The molecule has 0 aliphatic heterocycles. The minimum Gasteiger partial charge on any atom is -0.251 e. The monoisotopic (exact) mass is 165 g/mol. The van der Waals surface area contributed by atoms with Crippen LogP contribution in [0.1, 0.15) is 6.42 Å². The molecule has 0 N–H and O–H groups in total. The topological polar surface area (TPSA) is 57.9 Å². The van der Waals surface area contributed by atoms with E-state index >= 15 is 0 Å². The van der Waals surface area contributed by atoms with E-state index in [4.69, 9.17) is 5.26 Å². The fourth-order valence-corrected chi connectivity index (χ4v) is 1.33. The Labute approximate surface area is 59.4 Å². The third-order valence-electron chi connectivity index (χ3n) is 0.873. The zero-order valence-electron chi connectivity index (χ0n) is 5.38. The lowest BCUT2D eigenvalue weighted by molar-refractivity contribution is 0.484. The van der Waals surface area contributed by atoms with Gasteiger partial charge in [0.15, 0.2) is 9.84 Å². The van der Waals surface area contributed by atoms with Crippen molar-refractivity contribution < 1.29 is 12.8 Å². The molecule has 0 aliphatic carbocycles. The van der Waals surface area contributed by atoms with Crippen LogP contribution in [0.5, 0.6) is 0 Å². The van der Waals surface area contributed by atoms with Crippen LogP contribution in [-0.4, -0.2) is 26.6 Å². The van der Waals surface area contributed by atoms with Crippen LogP contribution in [0.2, 0.25) is 0 Å². The summed E-state index contributed by atoms with van der Waals surface area (Å²) in [5, 5.41) is 7.98. The fraction of sp³-hybridized carbons (Fsp3) is 0.800. The number of sulfone groups is 1. The summed E-state index contributed by atoms with van der Waals surface area (Å²) in [5.74, 6) is -0.732. The minimum absolute atomic E-state index is 0.00991. The van der Waals surface area contributed by atoms with Gasteiger partial charge in [-0.1, -0.05) is 0 Å². The number of nitriles is 1. The molecule has 0 aromatic rings. The van der Waals surface area contributed by atoms with Crippen LogP contribution < -0.4 is 0 Å². The number of hydrogen-bond donors (Lipinski definition) is 0. The van der Waals surface area contributed by atoms with Crippen LogP contribution in [0.4, 0.5) is 4.39 Å². The molecule has 0 saturated carbocycles. The summed E-state index contributed by atoms with van der Waals surface area (Å²) < 4.78 is 32.6. The number of rotatable bonds is 4. The second kappa shape index (κ2) is 4.23. The molecular formula is C5H8FNO2S. The second-order valence-electron chi connectivity index (χ2n) is 1.79. The lowest BCUT2D eigenvalue weighted by Gasteiger charge is -1.93. The largest absolute Gasteiger partial charge is 0.251 e. The van der Waals surface area contributed by atoms with E-state index in [1.54, 1.807) is 0 Å². The summed E-state index contributed by atoms with van der Waals surface area (Å²) in [6.07, 6.45) is -0.00991. The summed E-state index contributed by atoms with van der Waals surface area (Å²) >= 11 is 0. The quantitative estimate of drug-likeness (QED) is 0.601. The van der Waals surface area contributed by atoms with Crippen molar-refractivity contribution in [3.63, 3.8) is 0 Å². The maximum atomic E-state index is 11.4. The molecular weight excluding hydrogens is 157 g/mol. The van der Waals surface area contributed by atoms with E-state index in [1.807, 2.05) is 0 Å². The second-order valence-corrected chi connectivity index (χ2v) is 3.98. The Hall–Kier alpha value is -0.630. The molecule has 5 heteroatoms. The Balaban J connectivity index is 3.80. The molecule has 0 spiro atoms. The third-order valence-corrected chi connectivity index (χ3v) is 2.35. The predicted octanol–water partition coefficient (Wildman–Crippen LogP) is 0.284. The van der Waals surface area contributed by atoms with Crippen molar-refractivity contribution in [2.24, 2.45) is 0 Å². The minimum atomic E-state index is -3.29. The number of alkyl halides is 1. The van der Waals surface area contributed by atoms with Crippen LogP contribution in [-0.2, 0) is 9.84 Å². The molecule has 10 heavy (non-hydrogen) atoms. The van der Waals surface area contributed by atoms with Crippen molar-refractivity contribution in [2.75, 3.05) is 18.2 Å². The number of hydrogen-bond acceptors (Lipinski definition) is 3. The predicted molar refractivity (Wildman–Crippen MR) is 34.9 cm³/mol. The van der Waals surface area contributed by atoms with E-state index in [0.717, 1.165) is 0 Å². The summed E-state index contributed by atoms with van der Waals surface area (Å²) in [4.78, 5) is 0. The smallest absolute Gasteiger partial charge is 0.163 e. The average Bonchev–Trinajstić information content (AvgIpc) is 1.84. The van der Waals surface area contributed by atoms with Gasteiger partial charge in [-0.25, -0.2) is 8.42 Å². The summed E-state index contributed by atoms with van der Waals surface area (Å²) in [7, 11) is -3.29. The van der Waals surface area contributed by atoms with E-state index in [9.17, 15) is 12.8 Å². The molecule has 0 amide bonds. The van der Waals surface area contributed by atoms with Gasteiger partial charge < -0.3 is 0 Å². The van der Waals surface area contributed by atoms with Gasteiger partial charge in [-0.2, -0.15) is 5.26 Å². The molecule has 0 aromatic heterocycles. The molecule has 0 heterocycles. The van der Waals surface area contributed by atoms with Gasteiger partial charge in [-0.05, 0) is 6.42 Å². The van der Waals surface area contributed by atoms with Crippen LogP contribution in [0, 0.1) is 11.3 Å². The van der Waals surface area contributed by atoms with Crippen molar-refractivity contribution in [3.05, 3.63) is 0 Å². The van der Waals surface area contributed by atoms with E-state index in [1.165, 1.54) is 6.07 Å². The Morgan fingerprint density at radius 2 is 2.10 bits per heavy atom. The van der Waals surface area contributed by atoms with Crippen LogP contribution in [0.15, 0.2) is 0 Å². The van der Waals surface area contributed by atoms with Crippen molar-refractivity contribution in [1.82, 2.24) is 0 Å². The Morgan fingerprint density at radius 1 is 1.50 bits per heavy atom. The van der Waals surface area contributed by atoms with Crippen molar-refractivity contribution in [1.29, 1.82) is 5.26 Å². The molecule has 0 rings (SSSR count). The molecule has 0 bridgehead atoms. The molecule has 0 aromatic carbocycles. The Bertz CT molecular complexity index is 216. The Kier molecular flexibility index (Phi) is 3.96. The lowest BCUT2D eigenvalue weighted by atomic mass is 10.6. The highest BCUT2D eigenvalue weighted by molar-refractivity contribution is 7.91. The van der Waals surface area contributed by atoms with Crippen molar-refractivity contribution in [2.45, 2.75) is 6.42 Å². The first kappa shape index (κ1) is 9.37. The van der Waals surface area contributed by atoms with Gasteiger partial charge in [-0.15, -0.1) is 0 Å². The van der Waals surface area contributed by atoms with Crippen LogP contribution in [0.25, 0.3) is 0 Å². The highest BCUT2D eigenvalue weighted by atomic mass is 32.2. The number of nitrogens with zero attached hydrogens (tertiary/aromatic N) is 1. The molecule has 0 saturated heterocycles. The van der Waals surface area contributed by atoms with Crippen molar-refractivity contribution in [3.8, 4) is 6.07 Å². The van der Waals surface area contributed by atoms with Gasteiger partial charge in [0.1, 0.15) is 5.75 Å². The molecule has 0 aliphatic rings. The first-order chi connectivity index (χ1) is 4.62. The summed E-state index contributed by atoms with van der Waals surface area (Å²) in [6, 6.07) is 1.51. The third kappa shape index (κ3) is 4.27. The van der Waals surface area contributed by atoms with Gasteiger partial charge in [-0.3, -0.25) is 4.39 Å². The van der Waals surface area contributed by atoms with Gasteiger partial charge in [0.2, 0.25) is 0 Å². The highest BCUT2D eigenvalue weighted by Crippen LogP contribution is 1.92. The number of halogens is 1. The molecule has 58 valence electrons. The maximum Gasteiger partial charge on any atom is 0.163 e. The van der Waals surface area contributed by atoms with Gasteiger partial charge in [0.25, 0.3) is 0 Å². The zero-order valence-corrected chi connectivity index (χ0v) is 6.19. The summed E-state index contributed by atoms with van der Waals surface area (Å²) in [6.45, 7) is -0.648. The molecule has 3 nitrogen and oxygen atoms in total. The van der Waals surface area contributed by atoms with Crippen LogP contribution in [0.3, 0.4) is 0 Å². The average molecular weight is 165 g/mol. The van der Waals surface area contributed by atoms with Crippen molar-refractivity contribution >= 4 is 9.84 Å². The van der Waals surface area contributed by atoms with Gasteiger partial charge in [0.05, 0.1) is 18.5 Å². The SMILES string of the molecule is N#CCS(=O)(=O)CCCF. The van der Waals surface area contributed by atoms with E-state index in [-0.39, 0.29) is 12.2 Å². The molecule has 0 atom stereocenters. The Morgan fingerprint density at radius 3 is 2.50 bits per heavy atom. The summed E-state index contributed by atoms with van der Waals surface area (Å²) in [5.41, 5.74) is 0. The van der Waals surface area contributed by atoms with Crippen LogP contribution >= 0.6 is 0 Å². The normalized spacial score (nSPS) is 10.8. The fourth-order valence-electron chi connectivity index (χ4n) is 0.445. The van der Waals surface area contributed by atoms with E-state index in [2.05, 4.69) is 0 Å². The maximum absolute atomic E-state index is 11.4. The molecule has 0 unspecified atom stereocenters. The molecule has 0 radical (unpaired) electrons. The van der Waals surface area contributed by atoms with Gasteiger partial charge in [0, 0.05) is 0 Å². The van der Waals surface area contributed by atoms with E-state index < -0.39 is 22.3 Å².